The maximum atomic E-state index is 12.8. The number of halogens is 2. The molecule has 1 aromatic heterocycles. The van der Waals surface area contributed by atoms with Crippen LogP contribution in [0.15, 0.2) is 23.1 Å². The number of nitrogens with zero attached hydrogens (tertiary/aromatic N) is 3. The van der Waals surface area contributed by atoms with E-state index in [1.54, 1.807) is 6.07 Å². The van der Waals surface area contributed by atoms with E-state index in [9.17, 15) is 8.42 Å². The fourth-order valence-electron chi connectivity index (χ4n) is 2.42. The quantitative estimate of drug-likeness (QED) is 0.801. The molecule has 0 bridgehead atoms. The number of hydrogen-bond donors (Lipinski definition) is 0. The average molecular weight is 376 g/mol. The van der Waals surface area contributed by atoms with Gasteiger partial charge in [0.15, 0.2) is 0 Å². The monoisotopic (exact) mass is 375 g/mol. The van der Waals surface area contributed by atoms with Crippen molar-refractivity contribution in [2.45, 2.75) is 38.8 Å². The maximum absolute atomic E-state index is 12.8. The number of aryl methyl sites for hydroxylation is 2. The van der Waals surface area contributed by atoms with Crippen LogP contribution in [0.5, 0.6) is 0 Å². The maximum Gasteiger partial charge on any atom is 0.244 e. The van der Waals surface area contributed by atoms with Crippen LogP contribution < -0.4 is 0 Å². The van der Waals surface area contributed by atoms with Crippen LogP contribution in [0.25, 0.3) is 0 Å². The fourth-order valence-corrected chi connectivity index (χ4v) is 4.29. The van der Waals surface area contributed by atoms with Crippen LogP contribution in [0.2, 0.25) is 10.0 Å². The summed E-state index contributed by atoms with van der Waals surface area (Å²) in [5.41, 5.74) is 2.68. The molecular formula is C15H19Cl2N3O2S. The van der Waals surface area contributed by atoms with Gasteiger partial charge in [-0.05, 0) is 39.0 Å². The molecule has 0 aliphatic carbocycles. The fraction of sp³-hybridized carbons (Fsp3) is 0.400. The number of benzene rings is 1. The van der Waals surface area contributed by atoms with E-state index >= 15 is 0 Å². The Hall–Kier alpha value is -1.08. The van der Waals surface area contributed by atoms with E-state index in [1.807, 2.05) is 25.5 Å². The predicted molar refractivity (Wildman–Crippen MR) is 92.5 cm³/mol. The first-order valence-electron chi connectivity index (χ1n) is 7.12. The summed E-state index contributed by atoms with van der Waals surface area (Å²) in [5.74, 6) is 0. The van der Waals surface area contributed by atoms with E-state index in [0.717, 1.165) is 23.5 Å². The Balaban J connectivity index is 2.38. The Bertz CT molecular complexity index is 831. The van der Waals surface area contributed by atoms with Gasteiger partial charge < -0.3 is 0 Å². The summed E-state index contributed by atoms with van der Waals surface area (Å²) < 4.78 is 28.7. The Labute approximate surface area is 146 Å². The highest BCUT2D eigenvalue weighted by atomic mass is 35.5. The Morgan fingerprint density at radius 3 is 2.48 bits per heavy atom. The average Bonchev–Trinajstić information content (AvgIpc) is 2.76. The first-order valence-corrected chi connectivity index (χ1v) is 9.32. The van der Waals surface area contributed by atoms with Gasteiger partial charge in [-0.3, -0.25) is 4.68 Å². The van der Waals surface area contributed by atoms with Crippen LogP contribution in [0.3, 0.4) is 0 Å². The normalized spacial score (nSPS) is 12.1. The summed E-state index contributed by atoms with van der Waals surface area (Å²) in [5, 5.41) is 4.89. The van der Waals surface area contributed by atoms with E-state index in [4.69, 9.17) is 23.2 Å². The van der Waals surface area contributed by atoms with Crippen molar-refractivity contribution in [1.82, 2.24) is 14.1 Å². The second-order valence-electron chi connectivity index (χ2n) is 5.30. The molecular weight excluding hydrogens is 357 g/mol. The molecule has 23 heavy (non-hydrogen) atoms. The molecule has 5 nitrogen and oxygen atoms in total. The van der Waals surface area contributed by atoms with Gasteiger partial charge in [0, 0.05) is 36.4 Å². The largest absolute Gasteiger partial charge is 0.270 e. The highest BCUT2D eigenvalue weighted by Crippen LogP contribution is 2.28. The molecule has 0 aliphatic heterocycles. The molecule has 0 aliphatic rings. The van der Waals surface area contributed by atoms with E-state index in [-0.39, 0.29) is 16.5 Å². The summed E-state index contributed by atoms with van der Waals surface area (Å²) in [7, 11) is -2.22. The van der Waals surface area contributed by atoms with Crippen LogP contribution in [0.1, 0.15) is 23.9 Å². The van der Waals surface area contributed by atoms with Crippen molar-refractivity contribution in [1.29, 1.82) is 0 Å². The summed E-state index contributed by atoms with van der Waals surface area (Å²) in [6, 6.07) is 4.41. The third-order valence-electron chi connectivity index (χ3n) is 3.79. The lowest BCUT2D eigenvalue weighted by atomic mass is 10.2. The molecule has 126 valence electrons. The molecule has 0 fully saturated rings. The zero-order valence-electron chi connectivity index (χ0n) is 13.5. The number of rotatable bonds is 5. The van der Waals surface area contributed by atoms with E-state index in [2.05, 4.69) is 5.10 Å². The zero-order valence-corrected chi connectivity index (χ0v) is 15.8. The third-order valence-corrected chi connectivity index (χ3v) is 6.31. The molecule has 0 radical (unpaired) electrons. The predicted octanol–water partition coefficient (Wildman–Crippen LogP) is 3.65. The van der Waals surface area contributed by atoms with Crippen molar-refractivity contribution in [3.8, 4) is 0 Å². The van der Waals surface area contributed by atoms with Crippen LogP contribution >= 0.6 is 23.2 Å². The molecule has 0 spiro atoms. The summed E-state index contributed by atoms with van der Waals surface area (Å²) in [6.07, 6.45) is 0. The molecule has 0 atom stereocenters. The first kappa shape index (κ1) is 18.3. The Morgan fingerprint density at radius 1 is 1.26 bits per heavy atom. The van der Waals surface area contributed by atoms with E-state index in [1.165, 1.54) is 23.5 Å². The van der Waals surface area contributed by atoms with Gasteiger partial charge in [0.1, 0.15) is 4.90 Å². The highest BCUT2D eigenvalue weighted by Gasteiger charge is 2.26. The van der Waals surface area contributed by atoms with Crippen LogP contribution in [0.4, 0.5) is 0 Å². The van der Waals surface area contributed by atoms with Crippen LogP contribution in [0, 0.1) is 13.8 Å². The minimum Gasteiger partial charge on any atom is -0.270 e. The van der Waals surface area contributed by atoms with Gasteiger partial charge in [-0.15, -0.1) is 0 Å². The molecule has 2 aromatic rings. The topological polar surface area (TPSA) is 55.2 Å². The Morgan fingerprint density at radius 2 is 1.91 bits per heavy atom. The number of hydrogen-bond acceptors (Lipinski definition) is 3. The molecule has 2 rings (SSSR count). The van der Waals surface area contributed by atoms with Crippen molar-refractivity contribution >= 4 is 33.2 Å². The number of aromatic nitrogens is 2. The summed E-state index contributed by atoms with van der Waals surface area (Å²) in [4.78, 5) is 0.00681. The minimum absolute atomic E-state index is 0.00681. The van der Waals surface area contributed by atoms with Crippen LogP contribution in [-0.4, -0.2) is 29.6 Å². The molecule has 1 aromatic carbocycles. The van der Waals surface area contributed by atoms with Crippen molar-refractivity contribution < 1.29 is 8.42 Å². The molecule has 0 N–H and O–H groups in total. The third kappa shape index (κ3) is 3.55. The molecule has 0 amide bonds. The van der Waals surface area contributed by atoms with Gasteiger partial charge in [0.2, 0.25) is 10.0 Å². The van der Waals surface area contributed by atoms with Gasteiger partial charge >= 0.3 is 0 Å². The van der Waals surface area contributed by atoms with Crippen LogP contribution in [-0.2, 0) is 23.1 Å². The second kappa shape index (κ2) is 6.81. The highest BCUT2D eigenvalue weighted by molar-refractivity contribution is 7.89. The molecule has 0 saturated heterocycles. The number of sulfonamides is 1. The molecule has 8 heteroatoms. The SMILES string of the molecule is CCn1nc(C)c(CN(C)S(=O)(=O)c2cc(Cl)ccc2Cl)c1C. The smallest absolute Gasteiger partial charge is 0.244 e. The lowest BCUT2D eigenvalue weighted by Crippen LogP contribution is -2.27. The van der Waals surface area contributed by atoms with Gasteiger partial charge in [0.25, 0.3) is 0 Å². The first-order chi connectivity index (χ1) is 10.7. The lowest BCUT2D eigenvalue weighted by molar-refractivity contribution is 0.465. The van der Waals surface area contributed by atoms with Crippen molar-refractivity contribution in [3.05, 3.63) is 45.2 Å². The van der Waals surface area contributed by atoms with Gasteiger partial charge in [-0.1, -0.05) is 23.2 Å². The molecule has 0 unspecified atom stereocenters. The lowest BCUT2D eigenvalue weighted by Gasteiger charge is -2.18. The standard InChI is InChI=1S/C15H19Cl2N3O2S/c1-5-20-11(3)13(10(2)18-20)9-19(4)23(21,22)15-8-12(16)6-7-14(15)17/h6-8H,5,9H2,1-4H3. The second-order valence-corrected chi connectivity index (χ2v) is 8.16. The minimum atomic E-state index is -3.74. The molecule has 0 saturated carbocycles. The zero-order chi connectivity index (χ0) is 17.4. The Kier molecular flexibility index (Phi) is 5.41. The van der Waals surface area contributed by atoms with Crippen molar-refractivity contribution in [3.63, 3.8) is 0 Å². The summed E-state index contributed by atoms with van der Waals surface area (Å²) in [6.45, 7) is 6.77. The van der Waals surface area contributed by atoms with Crippen molar-refractivity contribution in [2.24, 2.45) is 0 Å². The van der Waals surface area contributed by atoms with Gasteiger partial charge in [-0.2, -0.15) is 9.40 Å². The van der Waals surface area contributed by atoms with Crippen molar-refractivity contribution in [2.75, 3.05) is 7.05 Å². The van der Waals surface area contributed by atoms with Gasteiger partial charge in [-0.25, -0.2) is 8.42 Å². The molecule has 1 heterocycles. The van der Waals surface area contributed by atoms with E-state index < -0.39 is 10.0 Å². The van der Waals surface area contributed by atoms with E-state index in [0.29, 0.717) is 5.02 Å². The summed E-state index contributed by atoms with van der Waals surface area (Å²) >= 11 is 11.9. The van der Waals surface area contributed by atoms with Gasteiger partial charge in [0.05, 0.1) is 10.7 Å².